The van der Waals surface area contributed by atoms with Gasteiger partial charge in [0.05, 0.1) is 18.7 Å². The molecular formula is C26H35NO5. The third kappa shape index (κ3) is 6.02. The number of fused-ring (bicyclic) bond motifs is 1. The SMILES string of the molecule is C.CCCCCCN1C(=O)[C@](C)(CCOc2ccccc2CC(=O)O)Oc2ccccc21. The highest BCUT2D eigenvalue weighted by molar-refractivity contribution is 6.02. The normalized spacial score (nSPS) is 17.2. The van der Waals surface area contributed by atoms with Crippen LogP contribution in [0.5, 0.6) is 11.5 Å². The van der Waals surface area contributed by atoms with E-state index in [1.807, 2.05) is 29.2 Å². The first-order valence-corrected chi connectivity index (χ1v) is 11.0. The molecule has 32 heavy (non-hydrogen) atoms. The molecule has 0 saturated carbocycles. The van der Waals surface area contributed by atoms with Crippen LogP contribution >= 0.6 is 0 Å². The van der Waals surface area contributed by atoms with Gasteiger partial charge in [0.25, 0.3) is 5.91 Å². The van der Waals surface area contributed by atoms with Crippen molar-refractivity contribution in [2.45, 2.75) is 65.4 Å². The number of anilines is 1. The van der Waals surface area contributed by atoms with Gasteiger partial charge in [0.2, 0.25) is 0 Å². The standard InChI is InChI=1S/C25H31NO5.CH4/c1-3-4-5-10-16-26-20-12-7-9-14-22(20)31-25(2,24(26)29)15-17-30-21-13-8-6-11-19(21)18-23(27)28;/h6-9,11-14H,3-5,10,15-18H2,1-2H3,(H,27,28);1H4/t25-;/m0./s1. The van der Waals surface area contributed by atoms with Gasteiger partial charge in [-0.15, -0.1) is 0 Å². The van der Waals surface area contributed by atoms with Crippen molar-refractivity contribution in [3.05, 3.63) is 54.1 Å². The summed E-state index contributed by atoms with van der Waals surface area (Å²) in [4.78, 5) is 26.3. The molecule has 0 bridgehead atoms. The minimum Gasteiger partial charge on any atom is -0.493 e. The molecule has 1 amide bonds. The number of unbranched alkanes of at least 4 members (excludes halogenated alkanes) is 3. The van der Waals surface area contributed by atoms with Crippen molar-refractivity contribution < 1.29 is 24.2 Å². The molecule has 6 heteroatoms. The first kappa shape index (κ1) is 25.2. The Morgan fingerprint density at radius 2 is 1.81 bits per heavy atom. The largest absolute Gasteiger partial charge is 0.493 e. The fourth-order valence-corrected chi connectivity index (χ4v) is 3.83. The van der Waals surface area contributed by atoms with Crippen LogP contribution in [-0.2, 0) is 16.0 Å². The molecule has 1 aliphatic rings. The van der Waals surface area contributed by atoms with E-state index < -0.39 is 11.6 Å². The Kier molecular flexibility index (Phi) is 9.12. The third-order valence-corrected chi connectivity index (χ3v) is 5.58. The fourth-order valence-electron chi connectivity index (χ4n) is 3.83. The molecule has 1 atom stereocenters. The summed E-state index contributed by atoms with van der Waals surface area (Å²) in [5, 5.41) is 9.10. The Morgan fingerprint density at radius 1 is 1.09 bits per heavy atom. The number of carboxylic acid groups (broad SMARTS) is 1. The van der Waals surface area contributed by atoms with Crippen LogP contribution < -0.4 is 14.4 Å². The highest BCUT2D eigenvalue weighted by Gasteiger charge is 2.44. The number of hydrogen-bond donors (Lipinski definition) is 1. The predicted molar refractivity (Wildman–Crippen MR) is 127 cm³/mol. The molecule has 174 valence electrons. The topological polar surface area (TPSA) is 76.1 Å². The number of ether oxygens (including phenoxy) is 2. The van der Waals surface area contributed by atoms with Gasteiger partial charge in [-0.05, 0) is 31.5 Å². The van der Waals surface area contributed by atoms with Crippen LogP contribution in [0.1, 0.15) is 58.9 Å². The molecule has 0 spiro atoms. The molecule has 2 aromatic rings. The number of nitrogens with zero attached hydrogens (tertiary/aromatic N) is 1. The van der Waals surface area contributed by atoms with E-state index in [9.17, 15) is 9.59 Å². The Balaban J connectivity index is 0.00000363. The molecule has 6 nitrogen and oxygen atoms in total. The van der Waals surface area contributed by atoms with Gasteiger partial charge in [-0.2, -0.15) is 0 Å². The van der Waals surface area contributed by atoms with Crippen molar-refractivity contribution in [3.63, 3.8) is 0 Å². The van der Waals surface area contributed by atoms with Crippen LogP contribution in [0.4, 0.5) is 5.69 Å². The Morgan fingerprint density at radius 3 is 2.56 bits per heavy atom. The lowest BCUT2D eigenvalue weighted by atomic mass is 9.97. The van der Waals surface area contributed by atoms with Crippen LogP contribution in [0.2, 0.25) is 0 Å². The summed E-state index contributed by atoms with van der Waals surface area (Å²) in [5.74, 6) is 0.245. The van der Waals surface area contributed by atoms with Gasteiger partial charge >= 0.3 is 5.97 Å². The first-order valence-electron chi connectivity index (χ1n) is 11.0. The molecule has 0 aromatic heterocycles. The molecule has 0 saturated heterocycles. The number of para-hydroxylation sites is 3. The fraction of sp³-hybridized carbons (Fsp3) is 0.462. The van der Waals surface area contributed by atoms with Crippen molar-refractivity contribution in [1.29, 1.82) is 0 Å². The molecule has 3 rings (SSSR count). The van der Waals surface area contributed by atoms with E-state index in [0.29, 0.717) is 30.0 Å². The van der Waals surface area contributed by atoms with E-state index in [4.69, 9.17) is 14.6 Å². The molecule has 0 radical (unpaired) electrons. The zero-order valence-corrected chi connectivity index (χ0v) is 18.3. The van der Waals surface area contributed by atoms with Crippen LogP contribution in [-0.4, -0.2) is 35.7 Å². The molecule has 2 aromatic carbocycles. The number of hydrogen-bond acceptors (Lipinski definition) is 4. The summed E-state index contributed by atoms with van der Waals surface area (Å²) in [6.45, 7) is 4.87. The monoisotopic (exact) mass is 441 g/mol. The second-order valence-electron chi connectivity index (χ2n) is 8.09. The maximum atomic E-state index is 13.4. The predicted octanol–water partition coefficient (Wildman–Crippen LogP) is 5.48. The maximum absolute atomic E-state index is 13.4. The van der Waals surface area contributed by atoms with Crippen LogP contribution in [0.15, 0.2) is 48.5 Å². The number of carbonyl (C=O) groups excluding carboxylic acids is 1. The van der Waals surface area contributed by atoms with Crippen molar-refractivity contribution >= 4 is 17.6 Å². The molecule has 1 aliphatic heterocycles. The molecule has 0 aliphatic carbocycles. The van der Waals surface area contributed by atoms with E-state index in [1.54, 1.807) is 31.2 Å². The van der Waals surface area contributed by atoms with Crippen molar-refractivity contribution in [3.8, 4) is 11.5 Å². The maximum Gasteiger partial charge on any atom is 0.307 e. The van der Waals surface area contributed by atoms with E-state index in [2.05, 4.69) is 6.92 Å². The zero-order chi connectivity index (χ0) is 22.3. The van der Waals surface area contributed by atoms with E-state index in [0.717, 1.165) is 31.4 Å². The molecular weight excluding hydrogens is 406 g/mol. The van der Waals surface area contributed by atoms with E-state index >= 15 is 0 Å². The second-order valence-corrected chi connectivity index (χ2v) is 8.09. The lowest BCUT2D eigenvalue weighted by molar-refractivity contribution is -0.136. The molecule has 0 fully saturated rings. The molecule has 0 unspecified atom stereocenters. The van der Waals surface area contributed by atoms with Gasteiger partial charge in [0.1, 0.15) is 11.5 Å². The summed E-state index contributed by atoms with van der Waals surface area (Å²) in [6, 6.07) is 14.7. The first-order chi connectivity index (χ1) is 14.9. The average molecular weight is 442 g/mol. The third-order valence-electron chi connectivity index (χ3n) is 5.58. The van der Waals surface area contributed by atoms with Gasteiger partial charge in [-0.1, -0.05) is 63.9 Å². The number of carbonyl (C=O) groups is 2. The average Bonchev–Trinajstić information content (AvgIpc) is 2.74. The smallest absolute Gasteiger partial charge is 0.307 e. The summed E-state index contributed by atoms with van der Waals surface area (Å²) in [5.41, 5.74) is 0.383. The summed E-state index contributed by atoms with van der Waals surface area (Å²) >= 11 is 0. The number of aliphatic carboxylic acids is 1. The van der Waals surface area contributed by atoms with Crippen molar-refractivity contribution in [2.75, 3.05) is 18.1 Å². The summed E-state index contributed by atoms with van der Waals surface area (Å²) in [7, 11) is 0. The second kappa shape index (κ2) is 11.6. The van der Waals surface area contributed by atoms with Gasteiger partial charge in [-0.25, -0.2) is 0 Å². The molecule has 1 heterocycles. The Hall–Kier alpha value is -3.02. The quantitative estimate of drug-likeness (QED) is 0.467. The minimum atomic E-state index is -1.04. The number of rotatable bonds is 11. The zero-order valence-electron chi connectivity index (χ0n) is 18.3. The minimum absolute atomic E-state index is 0. The van der Waals surface area contributed by atoms with Gasteiger partial charge in [0, 0.05) is 18.5 Å². The van der Waals surface area contributed by atoms with Gasteiger partial charge in [0.15, 0.2) is 5.60 Å². The van der Waals surface area contributed by atoms with Gasteiger partial charge < -0.3 is 19.5 Å². The van der Waals surface area contributed by atoms with Crippen LogP contribution in [0, 0.1) is 0 Å². The summed E-state index contributed by atoms with van der Waals surface area (Å²) in [6.07, 6.45) is 4.58. The molecule has 1 N–H and O–H groups in total. The van der Waals surface area contributed by atoms with E-state index in [1.165, 1.54) is 0 Å². The Bertz CT molecular complexity index is 913. The van der Waals surface area contributed by atoms with E-state index in [-0.39, 0.29) is 26.4 Å². The highest BCUT2D eigenvalue weighted by atomic mass is 16.5. The lowest BCUT2D eigenvalue weighted by Gasteiger charge is -2.40. The van der Waals surface area contributed by atoms with Crippen LogP contribution in [0.3, 0.4) is 0 Å². The van der Waals surface area contributed by atoms with Crippen molar-refractivity contribution in [2.24, 2.45) is 0 Å². The highest BCUT2D eigenvalue weighted by Crippen LogP contribution is 2.39. The van der Waals surface area contributed by atoms with Gasteiger partial charge in [-0.3, -0.25) is 9.59 Å². The van der Waals surface area contributed by atoms with Crippen LogP contribution in [0.25, 0.3) is 0 Å². The summed E-state index contributed by atoms with van der Waals surface area (Å²) < 4.78 is 12.0. The Labute approximate surface area is 191 Å². The number of benzene rings is 2. The number of amides is 1. The van der Waals surface area contributed by atoms with Crippen molar-refractivity contribution in [1.82, 2.24) is 0 Å². The lowest BCUT2D eigenvalue weighted by Crippen LogP contribution is -2.55. The number of carboxylic acids is 1.